The van der Waals surface area contributed by atoms with Crippen LogP contribution in [-0.2, 0) is 0 Å². The molecule has 5 nitrogen and oxygen atoms in total. The topological polar surface area (TPSA) is 43.8 Å². The average molecular weight is 630 g/mol. The van der Waals surface area contributed by atoms with Crippen molar-refractivity contribution in [3.63, 3.8) is 0 Å². The number of amidine groups is 1. The number of hydrogen-bond acceptors (Lipinski definition) is 6. The quantitative estimate of drug-likeness (QED) is 0.284. The Balaban J connectivity index is 0.00000226. The van der Waals surface area contributed by atoms with Crippen molar-refractivity contribution in [3.8, 4) is 10.4 Å². The summed E-state index contributed by atoms with van der Waals surface area (Å²) >= 11 is 1.70. The second-order valence-corrected chi connectivity index (χ2v) is 14.8. The van der Waals surface area contributed by atoms with Gasteiger partial charge >= 0.3 is 0 Å². The molecule has 0 bridgehead atoms. The highest BCUT2D eigenvalue weighted by molar-refractivity contribution is 7.13. The minimum absolute atomic E-state index is 0.171. The Morgan fingerprint density at radius 2 is 1.69 bits per heavy atom. The first kappa shape index (κ1) is 35.0. The van der Waals surface area contributed by atoms with Gasteiger partial charge in [-0.1, -0.05) is 85.9 Å². The molecule has 45 heavy (non-hydrogen) atoms. The maximum atomic E-state index is 5.05. The number of nitrogens with one attached hydrogen (secondary N) is 1. The van der Waals surface area contributed by atoms with Crippen molar-refractivity contribution in [1.82, 2.24) is 20.1 Å². The summed E-state index contributed by atoms with van der Waals surface area (Å²) in [5.74, 6) is 4.15. The lowest BCUT2D eigenvalue weighted by Crippen LogP contribution is -2.39. The normalized spacial score (nSPS) is 21.8. The van der Waals surface area contributed by atoms with Crippen LogP contribution in [0.5, 0.6) is 0 Å². The van der Waals surface area contributed by atoms with Crippen LogP contribution in [0, 0.1) is 36.5 Å². The Bertz CT molecular complexity index is 1340. The molecule has 2 fully saturated rings. The first-order valence-corrected chi connectivity index (χ1v) is 18.3. The molecular formula is C39H59N5S. The van der Waals surface area contributed by atoms with Crippen LogP contribution in [0.4, 0.5) is 0 Å². The largest absolute Gasteiger partial charge is 0.381 e. The lowest BCUT2D eigenvalue weighted by molar-refractivity contribution is 0.220. The molecule has 1 aromatic carbocycles. The van der Waals surface area contributed by atoms with E-state index in [9.17, 15) is 0 Å². The van der Waals surface area contributed by atoms with Gasteiger partial charge in [0.1, 0.15) is 5.84 Å². The zero-order valence-electron chi connectivity index (χ0n) is 29.6. The van der Waals surface area contributed by atoms with Gasteiger partial charge in [0.2, 0.25) is 0 Å². The van der Waals surface area contributed by atoms with Crippen LogP contribution < -0.4 is 5.32 Å². The first-order chi connectivity index (χ1) is 21.5. The van der Waals surface area contributed by atoms with Crippen LogP contribution in [-0.4, -0.2) is 52.8 Å². The molecule has 1 N–H and O–H groups in total. The molecule has 6 heteroatoms. The number of hydrogen-bond donors (Lipinski definition) is 1. The van der Waals surface area contributed by atoms with Crippen molar-refractivity contribution >= 4 is 17.2 Å². The standard InChI is InChI=1S/C37H53N5S.C2H6/c1-23(2)30-14-16-41(17-15-30)35-19-33(20-38-35)36(24(3)4)29(9)42-21-25(5)18-34(42)27(7)40-26(6)31-10-12-32(13-11-31)37-28(8)39-22-43-37;1-2/h10-13,19,22-26,30,34,36,40H,7,9,14-18,20-21H2,1-6,8H3;1-2H3. The molecule has 3 aliphatic heterocycles. The number of aryl methyl sites for hydroxylation is 1. The molecule has 246 valence electrons. The van der Waals surface area contributed by atoms with Crippen molar-refractivity contribution in [2.24, 2.45) is 34.6 Å². The second kappa shape index (κ2) is 15.6. The maximum absolute atomic E-state index is 5.05. The van der Waals surface area contributed by atoms with Crippen LogP contribution in [0.3, 0.4) is 0 Å². The molecule has 0 saturated carbocycles. The summed E-state index contributed by atoms with van der Waals surface area (Å²) in [4.78, 5) is 15.8. The molecule has 2 aromatic rings. The number of piperidine rings is 1. The summed E-state index contributed by atoms with van der Waals surface area (Å²) < 4.78 is 0. The third kappa shape index (κ3) is 8.11. The van der Waals surface area contributed by atoms with Crippen LogP contribution in [0.15, 0.2) is 71.0 Å². The smallest absolute Gasteiger partial charge is 0.123 e. The van der Waals surface area contributed by atoms with Crippen molar-refractivity contribution < 1.29 is 0 Å². The highest BCUT2D eigenvalue weighted by Gasteiger charge is 2.37. The van der Waals surface area contributed by atoms with E-state index in [0.717, 1.165) is 55.8 Å². The predicted octanol–water partition coefficient (Wildman–Crippen LogP) is 9.51. The Kier molecular flexibility index (Phi) is 12.2. The van der Waals surface area contributed by atoms with Crippen molar-refractivity contribution in [1.29, 1.82) is 0 Å². The number of nitrogens with zero attached hydrogens (tertiary/aromatic N) is 4. The third-order valence-electron chi connectivity index (χ3n) is 10.1. The highest BCUT2D eigenvalue weighted by atomic mass is 32.1. The van der Waals surface area contributed by atoms with E-state index in [1.165, 1.54) is 46.0 Å². The summed E-state index contributed by atoms with van der Waals surface area (Å²) in [5.41, 5.74) is 9.25. The van der Waals surface area contributed by atoms with E-state index in [0.29, 0.717) is 11.8 Å². The van der Waals surface area contributed by atoms with Crippen LogP contribution in [0.25, 0.3) is 10.4 Å². The van der Waals surface area contributed by atoms with Gasteiger partial charge in [-0.05, 0) is 79.6 Å². The molecule has 0 aliphatic carbocycles. The van der Waals surface area contributed by atoms with Crippen molar-refractivity contribution in [2.75, 3.05) is 26.2 Å². The molecule has 4 heterocycles. The van der Waals surface area contributed by atoms with Gasteiger partial charge in [-0.15, -0.1) is 11.3 Å². The van der Waals surface area contributed by atoms with E-state index in [1.54, 1.807) is 11.3 Å². The Morgan fingerprint density at radius 1 is 1.02 bits per heavy atom. The summed E-state index contributed by atoms with van der Waals surface area (Å²) in [5, 5.41) is 3.78. The second-order valence-electron chi connectivity index (χ2n) is 14.0. The molecule has 0 spiro atoms. The zero-order valence-corrected chi connectivity index (χ0v) is 30.4. The minimum atomic E-state index is 0.171. The Hall–Kier alpha value is -2.86. The molecule has 0 radical (unpaired) electrons. The Morgan fingerprint density at radius 3 is 2.27 bits per heavy atom. The lowest BCUT2D eigenvalue weighted by Gasteiger charge is -2.37. The van der Waals surface area contributed by atoms with Gasteiger partial charge in [-0.3, -0.25) is 4.99 Å². The Labute approximate surface area is 278 Å². The number of allylic oxidation sites excluding steroid dienone is 1. The molecule has 1 aromatic heterocycles. The number of aromatic nitrogens is 1. The fourth-order valence-corrected chi connectivity index (χ4v) is 8.27. The van der Waals surface area contributed by atoms with Crippen molar-refractivity contribution in [3.05, 3.63) is 77.2 Å². The van der Waals surface area contributed by atoms with Gasteiger partial charge in [-0.25, -0.2) is 4.98 Å². The molecule has 3 aliphatic rings. The molecular weight excluding hydrogens is 571 g/mol. The molecule has 4 unspecified atom stereocenters. The number of aliphatic imine (C=N–C) groups is 1. The van der Waals surface area contributed by atoms with Crippen LogP contribution >= 0.6 is 11.3 Å². The summed E-state index contributed by atoms with van der Waals surface area (Å²) in [7, 11) is 0. The summed E-state index contributed by atoms with van der Waals surface area (Å²) in [6, 6.07) is 9.31. The van der Waals surface area contributed by atoms with Crippen molar-refractivity contribution in [2.45, 2.75) is 93.7 Å². The van der Waals surface area contributed by atoms with E-state index in [-0.39, 0.29) is 18.0 Å². The highest BCUT2D eigenvalue weighted by Crippen LogP contribution is 2.39. The van der Waals surface area contributed by atoms with Gasteiger partial charge < -0.3 is 15.1 Å². The molecule has 0 amide bonds. The van der Waals surface area contributed by atoms with Crippen LogP contribution in [0.2, 0.25) is 0 Å². The van der Waals surface area contributed by atoms with E-state index in [2.05, 4.69) is 105 Å². The number of rotatable bonds is 10. The van der Waals surface area contributed by atoms with Gasteiger partial charge in [0.15, 0.2) is 0 Å². The van der Waals surface area contributed by atoms with Crippen LogP contribution in [0.1, 0.15) is 92.0 Å². The molecule has 2 saturated heterocycles. The molecule has 5 rings (SSSR count). The average Bonchev–Trinajstić information content (AvgIpc) is 3.78. The number of benzene rings is 1. The first-order valence-electron chi connectivity index (χ1n) is 17.4. The molecule has 4 atom stereocenters. The third-order valence-corrected chi connectivity index (χ3v) is 11.0. The summed E-state index contributed by atoms with van der Waals surface area (Å²) in [6.07, 6.45) is 6.04. The van der Waals surface area contributed by atoms with E-state index < -0.39 is 0 Å². The van der Waals surface area contributed by atoms with Gasteiger partial charge in [0.05, 0.1) is 28.7 Å². The monoisotopic (exact) mass is 629 g/mol. The van der Waals surface area contributed by atoms with E-state index in [4.69, 9.17) is 11.6 Å². The van der Waals surface area contributed by atoms with Gasteiger partial charge in [-0.2, -0.15) is 0 Å². The summed E-state index contributed by atoms with van der Waals surface area (Å²) in [6.45, 7) is 33.5. The lowest BCUT2D eigenvalue weighted by atomic mass is 9.84. The van der Waals surface area contributed by atoms with E-state index >= 15 is 0 Å². The van der Waals surface area contributed by atoms with Gasteiger partial charge in [0.25, 0.3) is 0 Å². The predicted molar refractivity (Wildman–Crippen MR) is 196 cm³/mol. The minimum Gasteiger partial charge on any atom is -0.381 e. The fraction of sp³-hybridized carbons (Fsp3) is 0.590. The maximum Gasteiger partial charge on any atom is 0.123 e. The van der Waals surface area contributed by atoms with Gasteiger partial charge in [0, 0.05) is 43.0 Å². The van der Waals surface area contributed by atoms with E-state index in [1.807, 2.05) is 19.4 Å². The SMILES string of the molecule is C=C(NC(C)c1ccc(-c2scnc2C)cc1)C1CC(C)CN1C(=C)C(C1=CC(N2CCC(C(C)C)CC2)=NC1)C(C)C.CC. The fourth-order valence-electron chi connectivity index (χ4n) is 7.46. The number of likely N-dealkylation sites (tertiary alicyclic amines) is 2. The zero-order chi connectivity index (χ0) is 32.8. The number of thiazole rings is 1.